The normalized spacial score (nSPS) is 10.7. The molecule has 6 aromatic carbocycles. The fraction of sp³-hybridized carbons (Fsp3) is 0. The summed E-state index contributed by atoms with van der Waals surface area (Å²) >= 11 is 0. The summed E-state index contributed by atoms with van der Waals surface area (Å²) in [7, 11) is -10.3. The number of hydrogen-bond donors (Lipinski definition) is 2. The summed E-state index contributed by atoms with van der Waals surface area (Å²) in [5.74, 6) is 0. The molecule has 0 spiro atoms. The van der Waals surface area contributed by atoms with Crippen molar-refractivity contribution in [3.05, 3.63) is 182 Å². The molecule has 1 radical (unpaired) electrons. The monoisotopic (exact) mass is 783 g/mol. The van der Waals surface area contributed by atoms with Crippen LogP contribution in [-0.2, 0) is 16.8 Å². The van der Waals surface area contributed by atoms with Crippen LogP contribution >= 0.6 is 15.8 Å². The molecule has 6 rings (SSSR count). The van der Waals surface area contributed by atoms with E-state index < -0.39 is 36.3 Å². The molecule has 0 aliphatic carbocycles. The van der Waals surface area contributed by atoms with Crippen LogP contribution in [0.1, 0.15) is 0 Å². The quantitative estimate of drug-likeness (QED) is 0.195. The average Bonchev–Trinajstić information content (AvgIpc) is 3.07. The number of halogens is 2. The van der Waals surface area contributed by atoms with E-state index in [1.807, 2.05) is 0 Å². The summed E-state index contributed by atoms with van der Waals surface area (Å²) in [6.45, 7) is 0. The molecule has 0 heterocycles. The zero-order valence-electron chi connectivity index (χ0n) is 25.6. The van der Waals surface area contributed by atoms with E-state index in [0.717, 1.165) is 0 Å². The number of rotatable bonds is 6. The summed E-state index contributed by atoms with van der Waals surface area (Å²) < 4.78 is 65.4. The topological polar surface area (TPSA) is 179 Å². The molecular formula is C36H32Cl2CoO8P2. The van der Waals surface area contributed by atoms with Crippen molar-refractivity contribution in [2.45, 2.75) is 0 Å². The molecule has 0 saturated heterocycles. The second kappa shape index (κ2) is 21.9. The Morgan fingerprint density at radius 3 is 0.490 bits per heavy atom. The van der Waals surface area contributed by atoms with Crippen LogP contribution in [-0.4, -0.2) is 9.32 Å². The van der Waals surface area contributed by atoms with Crippen LogP contribution in [0.2, 0.25) is 0 Å². The SMILES string of the molecule is [Co].[O-][Cl+3]([O-])([O-])O.[O-][Cl+3]([O-])([O-])O.c1ccc(P(c2ccccc2)c2ccccc2)cc1.c1ccc(P(c2ccccc2)c2ccccc2)cc1. The fourth-order valence-electron chi connectivity index (χ4n) is 4.36. The van der Waals surface area contributed by atoms with E-state index in [4.69, 9.17) is 37.3 Å². The van der Waals surface area contributed by atoms with Crippen LogP contribution in [0, 0.1) is 20.5 Å². The zero-order chi connectivity index (χ0) is 34.8. The van der Waals surface area contributed by atoms with Gasteiger partial charge in [-0.25, -0.2) is 0 Å². The minimum atomic E-state index is -4.69. The van der Waals surface area contributed by atoms with E-state index >= 15 is 0 Å². The van der Waals surface area contributed by atoms with Gasteiger partial charge in [0, 0.05) is 16.8 Å². The molecule has 2 N–H and O–H groups in total. The van der Waals surface area contributed by atoms with Crippen molar-refractivity contribution in [3.63, 3.8) is 0 Å². The van der Waals surface area contributed by atoms with Crippen LogP contribution < -0.4 is 59.8 Å². The van der Waals surface area contributed by atoms with E-state index in [2.05, 4.69) is 182 Å². The number of hydrogen-bond acceptors (Lipinski definition) is 8. The smallest absolute Gasteiger partial charge is 0.0777 e. The van der Waals surface area contributed by atoms with Gasteiger partial charge in [-0.05, 0) is 47.7 Å². The molecule has 0 saturated carbocycles. The summed E-state index contributed by atoms with van der Waals surface area (Å²) in [4.78, 5) is 0. The van der Waals surface area contributed by atoms with E-state index in [9.17, 15) is 0 Å². The van der Waals surface area contributed by atoms with Gasteiger partial charge < -0.3 is 0 Å². The molecular weight excluding hydrogens is 752 g/mol. The minimum absolute atomic E-state index is 0. The second-order valence-electron chi connectivity index (χ2n) is 9.48. The molecule has 8 nitrogen and oxygen atoms in total. The van der Waals surface area contributed by atoms with E-state index in [1.54, 1.807) is 0 Å². The summed E-state index contributed by atoms with van der Waals surface area (Å²) in [6.07, 6.45) is 0. The maximum Gasteiger partial charge on any atom is 0.0777 e. The Labute approximate surface area is 302 Å². The molecule has 0 atom stereocenters. The standard InChI is InChI=1S/2C18H15P.2ClHO4.Co/c2*1-4-10-16(11-5-1)19(17-12-6-2-7-13-17)18-14-8-3-9-15-18;2*2-1(3,4)5;/h2*1-15H;2*(H,2,3,4,5);. The summed E-state index contributed by atoms with van der Waals surface area (Å²) in [5.41, 5.74) is 0. The number of benzene rings is 6. The van der Waals surface area contributed by atoms with E-state index in [-0.39, 0.29) is 16.8 Å². The van der Waals surface area contributed by atoms with Gasteiger partial charge in [0.2, 0.25) is 0 Å². The van der Waals surface area contributed by atoms with Crippen LogP contribution in [0.4, 0.5) is 0 Å². The van der Waals surface area contributed by atoms with Crippen LogP contribution in [0.3, 0.4) is 0 Å². The van der Waals surface area contributed by atoms with Crippen molar-refractivity contribution < 1.29 is 74.5 Å². The molecule has 13 heteroatoms. The first-order valence-electron chi connectivity index (χ1n) is 14.1. The van der Waals surface area contributed by atoms with Gasteiger partial charge in [-0.3, -0.25) is 0 Å². The van der Waals surface area contributed by atoms with E-state index in [0.29, 0.717) is 0 Å². The summed E-state index contributed by atoms with van der Waals surface area (Å²) in [5, 5.41) is 8.39. The molecule has 0 fully saturated rings. The maximum absolute atomic E-state index is 8.60. The molecule has 6 aromatic rings. The molecule has 0 amide bonds. The zero-order valence-corrected chi connectivity index (χ0v) is 30.0. The molecule has 257 valence electrons. The van der Waals surface area contributed by atoms with Gasteiger partial charge in [-0.15, -0.1) is 0 Å². The van der Waals surface area contributed by atoms with Crippen molar-refractivity contribution in [3.8, 4) is 0 Å². The van der Waals surface area contributed by atoms with Crippen LogP contribution in [0.25, 0.3) is 0 Å². The first-order valence-corrected chi connectivity index (χ1v) is 19.3. The Bertz CT molecular complexity index is 1370. The van der Waals surface area contributed by atoms with Gasteiger partial charge in [0.05, 0.1) is 29.8 Å². The van der Waals surface area contributed by atoms with Crippen molar-refractivity contribution in [2.75, 3.05) is 0 Å². The van der Waals surface area contributed by atoms with E-state index in [1.165, 1.54) is 31.8 Å². The molecule has 0 aromatic heterocycles. The Morgan fingerprint density at radius 2 is 0.388 bits per heavy atom. The van der Waals surface area contributed by atoms with Crippen molar-refractivity contribution in [1.82, 2.24) is 0 Å². The molecule has 0 unspecified atom stereocenters. The van der Waals surface area contributed by atoms with Gasteiger partial charge >= 0.3 is 0 Å². The van der Waals surface area contributed by atoms with Gasteiger partial charge in [0.25, 0.3) is 0 Å². The fourth-order valence-corrected chi connectivity index (χ4v) is 8.97. The predicted molar refractivity (Wildman–Crippen MR) is 175 cm³/mol. The third-order valence-electron chi connectivity index (χ3n) is 6.09. The third-order valence-corrected chi connectivity index (χ3v) is 11.0. The average molecular weight is 784 g/mol. The Kier molecular flexibility index (Phi) is 18.8. The first-order chi connectivity index (χ1) is 22.9. The summed E-state index contributed by atoms with van der Waals surface area (Å²) in [6, 6.07) is 64.7. The van der Waals surface area contributed by atoms with Crippen LogP contribution in [0.15, 0.2) is 182 Å². The molecule has 0 aliphatic rings. The third kappa shape index (κ3) is 17.4. The Balaban J connectivity index is 0.000000264. The Hall–Kier alpha value is -3.05. The second-order valence-corrected chi connectivity index (χ2v) is 15.5. The predicted octanol–water partition coefficient (Wildman–Crippen LogP) is -1.36. The van der Waals surface area contributed by atoms with Crippen molar-refractivity contribution in [1.29, 1.82) is 0 Å². The van der Waals surface area contributed by atoms with Crippen molar-refractivity contribution in [2.24, 2.45) is 0 Å². The minimum Gasteiger partial charge on any atom is -0.183 e. The molecule has 0 aliphatic heterocycles. The maximum atomic E-state index is 8.60. The van der Waals surface area contributed by atoms with Gasteiger partial charge in [-0.2, -0.15) is 28.0 Å². The van der Waals surface area contributed by atoms with Crippen LogP contribution in [0.5, 0.6) is 0 Å². The molecule has 49 heavy (non-hydrogen) atoms. The van der Waals surface area contributed by atoms with Gasteiger partial charge in [-0.1, -0.05) is 182 Å². The Morgan fingerprint density at radius 1 is 0.286 bits per heavy atom. The van der Waals surface area contributed by atoms with Crippen molar-refractivity contribution >= 4 is 47.7 Å². The van der Waals surface area contributed by atoms with Gasteiger partial charge in [0.1, 0.15) is 0 Å². The largest absolute Gasteiger partial charge is 0.183 e. The first kappa shape index (κ1) is 42.1. The molecule has 0 bridgehead atoms. The van der Waals surface area contributed by atoms with Gasteiger partial charge in [0.15, 0.2) is 0 Å².